The molecule has 0 atom stereocenters. The topological polar surface area (TPSA) is 17.4 Å². The van der Waals surface area contributed by atoms with E-state index in [9.17, 15) is 0 Å². The average molecular weight is 431 g/mol. The lowest BCUT2D eigenvalue weighted by atomic mass is 10.0. The molecule has 3 nitrogen and oxygen atoms in total. The van der Waals surface area contributed by atoms with Gasteiger partial charge in [-0.25, -0.2) is 0 Å². The van der Waals surface area contributed by atoms with E-state index in [0.717, 1.165) is 19.4 Å². The van der Waals surface area contributed by atoms with Gasteiger partial charge in [-0.15, -0.1) is 0 Å². The fourth-order valence-electron chi connectivity index (χ4n) is 5.20. The molecule has 33 heavy (non-hydrogen) atoms. The van der Waals surface area contributed by atoms with Crippen LogP contribution in [0.15, 0.2) is 104 Å². The molecule has 2 heterocycles. The van der Waals surface area contributed by atoms with Crippen molar-refractivity contribution >= 4 is 38.9 Å². The molecule has 3 heteroatoms. The van der Waals surface area contributed by atoms with Crippen LogP contribution in [0.1, 0.15) is 11.1 Å². The van der Waals surface area contributed by atoms with E-state index in [4.69, 9.17) is 4.74 Å². The Labute approximate surface area is 194 Å². The lowest BCUT2D eigenvalue weighted by molar-refractivity contribution is 0.239. The number of benzene rings is 4. The van der Waals surface area contributed by atoms with Crippen molar-refractivity contribution in [1.29, 1.82) is 0 Å². The minimum atomic E-state index is 0.594. The van der Waals surface area contributed by atoms with Crippen molar-refractivity contribution in [2.24, 2.45) is 0 Å². The SMILES string of the molecule is C=COCCn1c2ccccc2c2ccc(N3c4ccccc4CCc4ccccc43)cc21. The molecule has 1 aliphatic rings. The first-order chi connectivity index (χ1) is 16.3. The summed E-state index contributed by atoms with van der Waals surface area (Å²) in [7, 11) is 0. The second-order valence-corrected chi connectivity index (χ2v) is 8.50. The van der Waals surface area contributed by atoms with E-state index in [2.05, 4.69) is 107 Å². The first-order valence-electron chi connectivity index (χ1n) is 11.5. The Hall–Kier alpha value is -3.98. The lowest BCUT2D eigenvalue weighted by Crippen LogP contribution is -2.12. The van der Waals surface area contributed by atoms with Crippen LogP contribution in [-0.4, -0.2) is 11.2 Å². The molecule has 0 saturated carbocycles. The van der Waals surface area contributed by atoms with Crippen LogP contribution in [0.4, 0.5) is 17.1 Å². The van der Waals surface area contributed by atoms with Crippen LogP contribution >= 0.6 is 0 Å². The summed E-state index contributed by atoms with van der Waals surface area (Å²) in [6.45, 7) is 5.06. The predicted molar refractivity (Wildman–Crippen MR) is 138 cm³/mol. The Morgan fingerprint density at radius 3 is 2.09 bits per heavy atom. The van der Waals surface area contributed by atoms with Gasteiger partial charge in [-0.05, 0) is 54.3 Å². The van der Waals surface area contributed by atoms with Crippen LogP contribution in [0, 0.1) is 0 Å². The Morgan fingerprint density at radius 1 is 0.727 bits per heavy atom. The maximum absolute atomic E-state index is 5.49. The molecule has 0 radical (unpaired) electrons. The zero-order valence-electron chi connectivity index (χ0n) is 18.6. The number of aromatic nitrogens is 1. The van der Waals surface area contributed by atoms with Gasteiger partial charge in [-0.2, -0.15) is 0 Å². The molecule has 5 aromatic rings. The van der Waals surface area contributed by atoms with E-state index in [1.165, 1.54) is 56.3 Å². The van der Waals surface area contributed by atoms with Crippen molar-refractivity contribution in [2.45, 2.75) is 19.4 Å². The number of anilines is 3. The monoisotopic (exact) mass is 430 g/mol. The highest BCUT2D eigenvalue weighted by molar-refractivity contribution is 6.09. The van der Waals surface area contributed by atoms with Gasteiger partial charge in [-0.3, -0.25) is 0 Å². The molecule has 0 saturated heterocycles. The standard InChI is InChI=1S/C30H26N2O/c1-2-33-20-19-31-29-14-8-5-11-25(29)26-18-17-24(21-30(26)31)32-27-12-6-3-9-22(27)15-16-23-10-4-7-13-28(23)32/h2-14,17-18,21H,1,15-16,19-20H2. The fourth-order valence-corrected chi connectivity index (χ4v) is 5.20. The van der Waals surface area contributed by atoms with Gasteiger partial charge in [0.2, 0.25) is 0 Å². The maximum Gasteiger partial charge on any atom is 0.105 e. The highest BCUT2D eigenvalue weighted by Crippen LogP contribution is 2.43. The second kappa shape index (κ2) is 8.18. The van der Waals surface area contributed by atoms with E-state index in [0.29, 0.717) is 6.61 Å². The molecule has 0 bridgehead atoms. The summed E-state index contributed by atoms with van der Waals surface area (Å²) in [5.41, 5.74) is 8.92. The predicted octanol–water partition coefficient (Wildman–Crippen LogP) is 7.52. The van der Waals surface area contributed by atoms with Crippen LogP contribution < -0.4 is 4.90 Å². The van der Waals surface area contributed by atoms with Gasteiger partial charge in [0.15, 0.2) is 0 Å². The number of para-hydroxylation sites is 3. The number of ether oxygens (including phenoxy) is 1. The zero-order valence-corrected chi connectivity index (χ0v) is 18.6. The van der Waals surface area contributed by atoms with Crippen LogP contribution in [0.25, 0.3) is 21.8 Å². The van der Waals surface area contributed by atoms with Crippen molar-refractivity contribution in [3.8, 4) is 0 Å². The Morgan fingerprint density at radius 2 is 1.36 bits per heavy atom. The Balaban J connectivity index is 1.59. The van der Waals surface area contributed by atoms with Gasteiger partial charge in [0.25, 0.3) is 0 Å². The van der Waals surface area contributed by atoms with Crippen LogP contribution in [-0.2, 0) is 24.1 Å². The summed E-state index contributed by atoms with van der Waals surface area (Å²) < 4.78 is 7.86. The van der Waals surface area contributed by atoms with E-state index in [1.54, 1.807) is 0 Å². The summed E-state index contributed by atoms with van der Waals surface area (Å²) in [6, 6.07) is 33.1. The molecule has 0 unspecified atom stereocenters. The Bertz CT molecular complexity index is 1430. The van der Waals surface area contributed by atoms with E-state index >= 15 is 0 Å². The van der Waals surface area contributed by atoms with Gasteiger partial charge in [-0.1, -0.05) is 67.2 Å². The first-order valence-corrected chi connectivity index (χ1v) is 11.5. The van der Waals surface area contributed by atoms with E-state index in [-0.39, 0.29) is 0 Å². The first kappa shape index (κ1) is 19.7. The average Bonchev–Trinajstić information content (AvgIpc) is 3.07. The van der Waals surface area contributed by atoms with Crippen molar-refractivity contribution < 1.29 is 4.74 Å². The number of hydrogen-bond acceptors (Lipinski definition) is 2. The third-order valence-corrected chi connectivity index (χ3v) is 6.69. The highest BCUT2D eigenvalue weighted by Gasteiger charge is 2.22. The summed E-state index contributed by atoms with van der Waals surface area (Å²) in [4.78, 5) is 2.43. The van der Waals surface area contributed by atoms with Crippen molar-refractivity contribution in [2.75, 3.05) is 11.5 Å². The molecule has 6 rings (SSSR count). The molecule has 0 aliphatic carbocycles. The number of rotatable bonds is 5. The number of nitrogens with zero attached hydrogens (tertiary/aromatic N) is 2. The second-order valence-electron chi connectivity index (χ2n) is 8.50. The molecule has 0 amide bonds. The van der Waals surface area contributed by atoms with Gasteiger partial charge in [0, 0.05) is 33.4 Å². The van der Waals surface area contributed by atoms with Crippen molar-refractivity contribution in [1.82, 2.24) is 4.57 Å². The third kappa shape index (κ3) is 3.28. The fraction of sp³-hybridized carbons (Fsp3) is 0.133. The molecule has 0 spiro atoms. The van der Waals surface area contributed by atoms with Crippen LogP contribution in [0.3, 0.4) is 0 Å². The van der Waals surface area contributed by atoms with Crippen molar-refractivity contribution in [3.63, 3.8) is 0 Å². The highest BCUT2D eigenvalue weighted by atomic mass is 16.5. The zero-order chi connectivity index (χ0) is 22.2. The maximum atomic E-state index is 5.49. The van der Waals surface area contributed by atoms with E-state index < -0.39 is 0 Å². The van der Waals surface area contributed by atoms with Crippen molar-refractivity contribution in [3.05, 3.63) is 115 Å². The molecule has 0 N–H and O–H groups in total. The lowest BCUT2D eigenvalue weighted by Gasteiger charge is -2.27. The molecular weight excluding hydrogens is 404 g/mol. The normalized spacial score (nSPS) is 12.9. The minimum Gasteiger partial charge on any atom is -0.500 e. The number of hydrogen-bond donors (Lipinski definition) is 0. The summed E-state index contributed by atoms with van der Waals surface area (Å²) >= 11 is 0. The summed E-state index contributed by atoms with van der Waals surface area (Å²) in [5, 5.41) is 2.54. The number of fused-ring (bicyclic) bond motifs is 5. The molecular formula is C30H26N2O. The van der Waals surface area contributed by atoms with Crippen LogP contribution in [0.5, 0.6) is 0 Å². The van der Waals surface area contributed by atoms with Crippen LogP contribution in [0.2, 0.25) is 0 Å². The molecule has 0 fully saturated rings. The van der Waals surface area contributed by atoms with Gasteiger partial charge < -0.3 is 14.2 Å². The summed E-state index contributed by atoms with van der Waals surface area (Å²) in [6.07, 6.45) is 3.61. The van der Waals surface area contributed by atoms with Gasteiger partial charge in [0.05, 0.1) is 18.3 Å². The van der Waals surface area contributed by atoms with Gasteiger partial charge >= 0.3 is 0 Å². The molecule has 1 aliphatic heterocycles. The largest absolute Gasteiger partial charge is 0.500 e. The van der Waals surface area contributed by atoms with Gasteiger partial charge in [0.1, 0.15) is 6.61 Å². The third-order valence-electron chi connectivity index (χ3n) is 6.69. The minimum absolute atomic E-state index is 0.594. The molecule has 4 aromatic carbocycles. The van der Waals surface area contributed by atoms with E-state index in [1.807, 2.05) is 0 Å². The molecule has 162 valence electrons. The molecule has 1 aromatic heterocycles. The quantitative estimate of drug-likeness (QED) is 0.212. The number of aryl methyl sites for hydroxylation is 2. The smallest absolute Gasteiger partial charge is 0.105 e. The Kier molecular flexibility index (Phi) is 4.88. The summed E-state index contributed by atoms with van der Waals surface area (Å²) in [5.74, 6) is 0.